The number of nitrogens with two attached hydrogens (primary N) is 1. The van der Waals surface area contributed by atoms with Gasteiger partial charge in [-0.3, -0.25) is 0 Å². The molecule has 0 saturated carbocycles. The fourth-order valence-corrected chi connectivity index (χ4v) is 3.29. The Kier molecular flexibility index (Phi) is 3.99. The minimum atomic E-state index is 0.818. The van der Waals surface area contributed by atoms with Gasteiger partial charge in [0, 0.05) is 19.0 Å². The van der Waals surface area contributed by atoms with Crippen molar-refractivity contribution in [3.8, 4) is 0 Å². The summed E-state index contributed by atoms with van der Waals surface area (Å²) < 4.78 is 1.20. The summed E-state index contributed by atoms with van der Waals surface area (Å²) in [6, 6.07) is 12.6. The van der Waals surface area contributed by atoms with Crippen LogP contribution >= 0.6 is 34.4 Å². The highest BCUT2D eigenvalue weighted by Crippen LogP contribution is 2.33. The van der Waals surface area contributed by atoms with Crippen molar-refractivity contribution < 1.29 is 0 Å². The van der Waals surface area contributed by atoms with Crippen LogP contribution in [0, 0.1) is 17.4 Å². The van der Waals surface area contributed by atoms with E-state index < -0.39 is 0 Å². The van der Waals surface area contributed by atoms with E-state index in [-0.39, 0.29) is 0 Å². The second kappa shape index (κ2) is 5.31. The highest BCUT2D eigenvalue weighted by molar-refractivity contribution is 14.1. The van der Waals surface area contributed by atoms with Gasteiger partial charge in [0.15, 0.2) is 0 Å². The van der Waals surface area contributed by atoms with Crippen molar-refractivity contribution in [2.24, 2.45) is 0 Å². The molecular formula is C14H14INS. The number of hydrogen-bond acceptors (Lipinski definition) is 2. The van der Waals surface area contributed by atoms with Gasteiger partial charge in [-0.15, -0.1) is 0 Å². The quantitative estimate of drug-likeness (QED) is 0.627. The Morgan fingerprint density at radius 1 is 1.00 bits per heavy atom. The van der Waals surface area contributed by atoms with Crippen LogP contribution in [0.15, 0.2) is 46.2 Å². The fraction of sp³-hybridized carbons (Fsp3) is 0.143. The lowest BCUT2D eigenvalue weighted by Gasteiger charge is -2.07. The molecule has 0 saturated heterocycles. The van der Waals surface area contributed by atoms with E-state index in [0.717, 1.165) is 5.69 Å². The van der Waals surface area contributed by atoms with Gasteiger partial charge in [-0.05, 0) is 77.9 Å². The molecule has 0 aliphatic carbocycles. The van der Waals surface area contributed by atoms with E-state index in [9.17, 15) is 0 Å². The number of halogens is 1. The first-order valence-corrected chi connectivity index (χ1v) is 7.26. The molecule has 0 aromatic heterocycles. The van der Waals surface area contributed by atoms with Crippen molar-refractivity contribution in [1.29, 1.82) is 0 Å². The van der Waals surface area contributed by atoms with Crippen LogP contribution in [-0.4, -0.2) is 0 Å². The third kappa shape index (κ3) is 3.16. The normalized spacial score (nSPS) is 10.5. The largest absolute Gasteiger partial charge is 0.399 e. The zero-order valence-corrected chi connectivity index (χ0v) is 12.8. The van der Waals surface area contributed by atoms with Gasteiger partial charge in [0.25, 0.3) is 0 Å². The molecule has 0 spiro atoms. The second-order valence-electron chi connectivity index (χ2n) is 4.04. The van der Waals surface area contributed by atoms with E-state index in [0.29, 0.717) is 0 Å². The maximum Gasteiger partial charge on any atom is 0.0325 e. The molecule has 1 nitrogen and oxygen atoms in total. The lowest BCUT2D eigenvalue weighted by atomic mass is 10.1. The summed E-state index contributed by atoms with van der Waals surface area (Å²) in [7, 11) is 0. The van der Waals surface area contributed by atoms with Crippen LogP contribution < -0.4 is 5.73 Å². The monoisotopic (exact) mass is 355 g/mol. The Bertz CT molecular complexity index is 552. The number of anilines is 1. The van der Waals surface area contributed by atoms with Gasteiger partial charge < -0.3 is 5.73 Å². The summed E-state index contributed by atoms with van der Waals surface area (Å²) in [5.74, 6) is 0. The van der Waals surface area contributed by atoms with Gasteiger partial charge >= 0.3 is 0 Å². The molecule has 2 rings (SSSR count). The minimum absolute atomic E-state index is 0.818. The molecule has 0 radical (unpaired) electrons. The van der Waals surface area contributed by atoms with Crippen molar-refractivity contribution in [2.75, 3.05) is 5.73 Å². The average Bonchev–Trinajstić information content (AvgIpc) is 2.27. The van der Waals surface area contributed by atoms with Crippen LogP contribution in [0.2, 0.25) is 0 Å². The van der Waals surface area contributed by atoms with E-state index in [1.165, 1.54) is 24.5 Å². The van der Waals surface area contributed by atoms with Crippen LogP contribution in [-0.2, 0) is 0 Å². The van der Waals surface area contributed by atoms with Gasteiger partial charge in [0.05, 0.1) is 0 Å². The number of aryl methyl sites for hydroxylation is 2. The summed E-state index contributed by atoms with van der Waals surface area (Å²) in [6.07, 6.45) is 0. The number of hydrogen-bond donors (Lipinski definition) is 1. The molecule has 0 bridgehead atoms. The van der Waals surface area contributed by atoms with Gasteiger partial charge in [-0.2, -0.15) is 0 Å². The number of rotatable bonds is 2. The van der Waals surface area contributed by atoms with Crippen molar-refractivity contribution in [3.05, 3.63) is 51.1 Å². The van der Waals surface area contributed by atoms with Gasteiger partial charge in [-0.25, -0.2) is 0 Å². The molecule has 17 heavy (non-hydrogen) atoms. The van der Waals surface area contributed by atoms with Crippen molar-refractivity contribution >= 4 is 40.0 Å². The third-order valence-corrected chi connectivity index (χ3v) is 4.99. The van der Waals surface area contributed by atoms with Crippen LogP contribution in [0.4, 0.5) is 5.69 Å². The average molecular weight is 355 g/mol. The molecule has 0 atom stereocenters. The number of benzene rings is 2. The lowest BCUT2D eigenvalue weighted by Crippen LogP contribution is -1.87. The van der Waals surface area contributed by atoms with Crippen LogP contribution in [0.5, 0.6) is 0 Å². The maximum absolute atomic E-state index is 5.75. The standard InChI is InChI=1S/C14H14INS/c1-9-3-5-12(7-10(9)2)17-14-6-4-11(16)8-13(14)15/h3-8H,16H2,1-2H3. The lowest BCUT2D eigenvalue weighted by molar-refractivity contribution is 1.27. The smallest absolute Gasteiger partial charge is 0.0325 e. The third-order valence-electron chi connectivity index (χ3n) is 2.66. The summed E-state index contributed by atoms with van der Waals surface area (Å²) in [4.78, 5) is 2.53. The maximum atomic E-state index is 5.75. The topological polar surface area (TPSA) is 26.0 Å². The molecule has 0 aliphatic rings. The summed E-state index contributed by atoms with van der Waals surface area (Å²) in [6.45, 7) is 4.28. The molecule has 3 heteroatoms. The summed E-state index contributed by atoms with van der Waals surface area (Å²) in [5.41, 5.74) is 9.24. The summed E-state index contributed by atoms with van der Waals surface area (Å²) in [5, 5.41) is 0. The second-order valence-corrected chi connectivity index (χ2v) is 6.32. The zero-order chi connectivity index (χ0) is 12.4. The zero-order valence-electron chi connectivity index (χ0n) is 9.83. The molecule has 2 N–H and O–H groups in total. The number of nitrogen functional groups attached to an aromatic ring is 1. The minimum Gasteiger partial charge on any atom is -0.399 e. The first-order valence-electron chi connectivity index (χ1n) is 5.36. The van der Waals surface area contributed by atoms with Crippen LogP contribution in [0.1, 0.15) is 11.1 Å². The SMILES string of the molecule is Cc1ccc(Sc2ccc(N)cc2I)cc1C. The van der Waals surface area contributed by atoms with Crippen LogP contribution in [0.3, 0.4) is 0 Å². The molecule has 2 aromatic carbocycles. The van der Waals surface area contributed by atoms with E-state index in [2.05, 4.69) is 60.7 Å². The highest BCUT2D eigenvalue weighted by Gasteiger charge is 2.03. The molecule has 0 unspecified atom stereocenters. The van der Waals surface area contributed by atoms with Gasteiger partial charge in [0.2, 0.25) is 0 Å². The first kappa shape index (κ1) is 12.8. The molecule has 88 valence electrons. The Morgan fingerprint density at radius 3 is 2.41 bits per heavy atom. The van der Waals surface area contributed by atoms with Crippen molar-refractivity contribution in [3.63, 3.8) is 0 Å². The highest BCUT2D eigenvalue weighted by atomic mass is 127. The van der Waals surface area contributed by atoms with E-state index in [4.69, 9.17) is 5.73 Å². The molecule has 0 aliphatic heterocycles. The van der Waals surface area contributed by atoms with E-state index >= 15 is 0 Å². The Hall–Kier alpha value is -0.680. The van der Waals surface area contributed by atoms with Gasteiger partial charge in [0.1, 0.15) is 0 Å². The molecule has 0 amide bonds. The predicted octanol–water partition coefficient (Wildman–Crippen LogP) is 4.64. The van der Waals surface area contributed by atoms with Gasteiger partial charge in [-0.1, -0.05) is 17.8 Å². The molecule has 0 fully saturated rings. The van der Waals surface area contributed by atoms with Crippen molar-refractivity contribution in [1.82, 2.24) is 0 Å². The Morgan fingerprint density at radius 2 is 1.76 bits per heavy atom. The van der Waals surface area contributed by atoms with Crippen LogP contribution in [0.25, 0.3) is 0 Å². The first-order chi connectivity index (χ1) is 8.06. The molecule has 0 heterocycles. The predicted molar refractivity (Wildman–Crippen MR) is 83.6 cm³/mol. The Labute approximate surface area is 120 Å². The van der Waals surface area contributed by atoms with E-state index in [1.807, 2.05) is 12.1 Å². The van der Waals surface area contributed by atoms with E-state index in [1.54, 1.807) is 11.8 Å². The fourth-order valence-electron chi connectivity index (χ4n) is 1.50. The van der Waals surface area contributed by atoms with Crippen molar-refractivity contribution in [2.45, 2.75) is 23.6 Å². The molecular weight excluding hydrogens is 341 g/mol. The summed E-state index contributed by atoms with van der Waals surface area (Å²) >= 11 is 4.11. The molecule has 2 aromatic rings. The Balaban J connectivity index is 2.28.